The van der Waals surface area contributed by atoms with E-state index in [-0.39, 0.29) is 11.8 Å². The first-order valence-electron chi connectivity index (χ1n) is 9.27. The maximum atomic E-state index is 12.5. The first-order valence-corrected chi connectivity index (χ1v) is 9.27. The molecule has 0 spiro atoms. The summed E-state index contributed by atoms with van der Waals surface area (Å²) in [5.41, 5.74) is 3.63. The van der Waals surface area contributed by atoms with Crippen LogP contribution in [0.15, 0.2) is 53.3 Å². The van der Waals surface area contributed by atoms with Gasteiger partial charge in [-0.2, -0.15) is 0 Å². The van der Waals surface area contributed by atoms with E-state index < -0.39 is 0 Å². The lowest BCUT2D eigenvalue weighted by Gasteiger charge is -2.14. The van der Waals surface area contributed by atoms with Crippen LogP contribution < -0.4 is 5.32 Å². The minimum absolute atomic E-state index is 0.00175. The van der Waals surface area contributed by atoms with Crippen molar-refractivity contribution >= 4 is 34.7 Å². The molecule has 0 radical (unpaired) electrons. The minimum Gasteiger partial charge on any atom is -0.464 e. The molecule has 0 atom stereocenters. The number of likely N-dealkylation sites (N-methyl/N-ethyl adjacent to an activating group) is 1. The van der Waals surface area contributed by atoms with Gasteiger partial charge >= 0.3 is 0 Å². The van der Waals surface area contributed by atoms with Crippen LogP contribution in [0.1, 0.15) is 29.5 Å². The van der Waals surface area contributed by atoms with Crippen LogP contribution in [-0.2, 0) is 22.6 Å². The van der Waals surface area contributed by atoms with Gasteiger partial charge in [-0.15, -0.1) is 0 Å². The number of amides is 2. The SMILES string of the molecule is CN(Cc1coc2ccccc12)C(=O)/C=C/c1cnc2c(c1)CCCC(=O)N2. The molecular formula is C22H21N3O3. The third-order valence-corrected chi connectivity index (χ3v) is 4.86. The summed E-state index contributed by atoms with van der Waals surface area (Å²) in [5.74, 6) is 0.515. The number of carbonyl (C=O) groups is 2. The summed E-state index contributed by atoms with van der Waals surface area (Å²) in [6.07, 6.45) is 8.76. The number of hydrogen-bond donors (Lipinski definition) is 1. The maximum Gasteiger partial charge on any atom is 0.246 e. The summed E-state index contributed by atoms with van der Waals surface area (Å²) in [6, 6.07) is 9.75. The molecule has 0 aliphatic carbocycles. The highest BCUT2D eigenvalue weighted by Gasteiger charge is 2.14. The largest absolute Gasteiger partial charge is 0.464 e. The number of anilines is 1. The monoisotopic (exact) mass is 375 g/mol. The quantitative estimate of drug-likeness (QED) is 0.704. The molecule has 0 saturated carbocycles. The van der Waals surface area contributed by atoms with Gasteiger partial charge in [0.05, 0.1) is 6.26 Å². The van der Waals surface area contributed by atoms with Crippen molar-refractivity contribution in [3.05, 3.63) is 65.6 Å². The molecule has 1 aromatic carbocycles. The Balaban J connectivity index is 1.45. The molecule has 2 amide bonds. The van der Waals surface area contributed by atoms with Gasteiger partial charge in [-0.05, 0) is 42.2 Å². The van der Waals surface area contributed by atoms with Gasteiger partial charge < -0.3 is 14.6 Å². The van der Waals surface area contributed by atoms with Gasteiger partial charge in [0.15, 0.2) is 0 Å². The Morgan fingerprint density at radius 2 is 2.18 bits per heavy atom. The molecule has 0 saturated heterocycles. The van der Waals surface area contributed by atoms with Gasteiger partial charge in [0.1, 0.15) is 11.4 Å². The second-order valence-electron chi connectivity index (χ2n) is 6.96. The van der Waals surface area contributed by atoms with Crippen molar-refractivity contribution in [2.75, 3.05) is 12.4 Å². The fourth-order valence-electron chi connectivity index (χ4n) is 3.34. The number of rotatable bonds is 4. The van der Waals surface area contributed by atoms with E-state index in [0.717, 1.165) is 40.5 Å². The Morgan fingerprint density at radius 3 is 3.07 bits per heavy atom. The van der Waals surface area contributed by atoms with Gasteiger partial charge in [-0.25, -0.2) is 4.98 Å². The Hall–Kier alpha value is -3.41. The zero-order valence-corrected chi connectivity index (χ0v) is 15.6. The van der Waals surface area contributed by atoms with E-state index in [1.807, 2.05) is 30.3 Å². The average molecular weight is 375 g/mol. The molecule has 0 unspecified atom stereocenters. The highest BCUT2D eigenvalue weighted by molar-refractivity contribution is 5.93. The van der Waals surface area contributed by atoms with Crippen LogP contribution in [0.3, 0.4) is 0 Å². The van der Waals surface area contributed by atoms with E-state index in [4.69, 9.17) is 4.42 Å². The zero-order valence-electron chi connectivity index (χ0n) is 15.6. The summed E-state index contributed by atoms with van der Waals surface area (Å²) >= 11 is 0. The molecule has 1 N–H and O–H groups in total. The van der Waals surface area contributed by atoms with Gasteiger partial charge in [0, 0.05) is 43.2 Å². The van der Waals surface area contributed by atoms with Crippen molar-refractivity contribution in [1.29, 1.82) is 0 Å². The number of benzene rings is 1. The predicted octanol–water partition coefficient (Wildman–Crippen LogP) is 3.77. The number of fused-ring (bicyclic) bond motifs is 2. The van der Waals surface area contributed by atoms with E-state index in [1.165, 1.54) is 0 Å². The second-order valence-corrected chi connectivity index (χ2v) is 6.96. The Morgan fingerprint density at radius 1 is 1.32 bits per heavy atom. The number of para-hydroxylation sites is 1. The summed E-state index contributed by atoms with van der Waals surface area (Å²) in [7, 11) is 1.76. The van der Waals surface area contributed by atoms with Crippen LogP contribution in [-0.4, -0.2) is 28.7 Å². The number of nitrogens with one attached hydrogen (secondary N) is 1. The number of aromatic nitrogens is 1. The summed E-state index contributed by atoms with van der Waals surface area (Å²) in [4.78, 5) is 30.1. The molecule has 0 bridgehead atoms. The highest BCUT2D eigenvalue weighted by Crippen LogP contribution is 2.23. The molecule has 6 heteroatoms. The van der Waals surface area contributed by atoms with E-state index in [0.29, 0.717) is 18.8 Å². The lowest BCUT2D eigenvalue weighted by atomic mass is 10.1. The normalized spacial score (nSPS) is 14.0. The maximum absolute atomic E-state index is 12.5. The number of hydrogen-bond acceptors (Lipinski definition) is 4. The molecule has 142 valence electrons. The second kappa shape index (κ2) is 7.68. The summed E-state index contributed by atoms with van der Waals surface area (Å²) in [6.45, 7) is 0.467. The fourth-order valence-corrected chi connectivity index (χ4v) is 3.34. The molecular weight excluding hydrogens is 354 g/mol. The molecule has 4 rings (SSSR count). The van der Waals surface area contributed by atoms with Crippen molar-refractivity contribution < 1.29 is 14.0 Å². The molecule has 0 fully saturated rings. The van der Waals surface area contributed by atoms with Gasteiger partial charge in [0.2, 0.25) is 11.8 Å². The number of aryl methyl sites for hydroxylation is 1. The van der Waals surface area contributed by atoms with E-state index in [9.17, 15) is 9.59 Å². The van der Waals surface area contributed by atoms with Crippen LogP contribution in [0.5, 0.6) is 0 Å². The molecule has 6 nitrogen and oxygen atoms in total. The van der Waals surface area contributed by atoms with Crippen molar-refractivity contribution in [3.63, 3.8) is 0 Å². The highest BCUT2D eigenvalue weighted by atomic mass is 16.3. The molecule has 1 aliphatic rings. The number of nitrogens with zero attached hydrogens (tertiary/aromatic N) is 2. The smallest absolute Gasteiger partial charge is 0.246 e. The zero-order chi connectivity index (χ0) is 19.5. The van der Waals surface area contributed by atoms with Crippen LogP contribution in [0.4, 0.5) is 5.82 Å². The average Bonchev–Trinajstić information content (AvgIpc) is 3.00. The first-order chi connectivity index (χ1) is 13.6. The molecule has 3 aromatic rings. The standard InChI is InChI=1S/C22H21N3O3/c1-25(13-17-14-28-19-7-3-2-6-18(17)19)21(27)10-9-15-11-16-5-4-8-20(26)24-22(16)23-12-15/h2-3,6-7,9-12,14H,4-5,8,13H2,1H3,(H,23,24,26)/b10-9+. The minimum atomic E-state index is -0.103. The van der Waals surface area contributed by atoms with Gasteiger partial charge in [0.25, 0.3) is 0 Å². The topological polar surface area (TPSA) is 75.4 Å². The van der Waals surface area contributed by atoms with Crippen molar-refractivity contribution in [3.8, 4) is 0 Å². The number of pyridine rings is 1. The van der Waals surface area contributed by atoms with Gasteiger partial charge in [-0.1, -0.05) is 18.2 Å². The third kappa shape index (κ3) is 3.81. The summed E-state index contributed by atoms with van der Waals surface area (Å²) < 4.78 is 5.54. The van der Waals surface area contributed by atoms with Crippen molar-refractivity contribution in [2.24, 2.45) is 0 Å². The van der Waals surface area contributed by atoms with Crippen molar-refractivity contribution in [1.82, 2.24) is 9.88 Å². The Bertz CT molecular complexity index is 1070. The molecule has 28 heavy (non-hydrogen) atoms. The Labute approximate surface area is 162 Å². The lowest BCUT2D eigenvalue weighted by molar-refractivity contribution is -0.125. The van der Waals surface area contributed by atoms with Gasteiger partial charge in [-0.3, -0.25) is 9.59 Å². The summed E-state index contributed by atoms with van der Waals surface area (Å²) in [5, 5.41) is 3.83. The van der Waals surface area contributed by atoms with Crippen molar-refractivity contribution in [2.45, 2.75) is 25.8 Å². The fraction of sp³-hybridized carbons (Fsp3) is 0.227. The number of furan rings is 1. The lowest BCUT2D eigenvalue weighted by Crippen LogP contribution is -2.23. The van der Waals surface area contributed by atoms with E-state index in [2.05, 4.69) is 10.3 Å². The van der Waals surface area contributed by atoms with Crippen LogP contribution in [0.2, 0.25) is 0 Å². The third-order valence-electron chi connectivity index (χ3n) is 4.86. The number of carbonyl (C=O) groups excluding carboxylic acids is 2. The van der Waals surface area contributed by atoms with Crippen LogP contribution in [0, 0.1) is 0 Å². The van der Waals surface area contributed by atoms with E-state index >= 15 is 0 Å². The Kier molecular flexibility index (Phi) is 4.93. The van der Waals surface area contributed by atoms with E-state index in [1.54, 1.807) is 36.6 Å². The van der Waals surface area contributed by atoms with Crippen LogP contribution in [0.25, 0.3) is 17.0 Å². The molecule has 3 heterocycles. The first kappa shape index (κ1) is 18.0. The van der Waals surface area contributed by atoms with Crippen LogP contribution >= 0.6 is 0 Å². The molecule has 1 aliphatic heterocycles. The predicted molar refractivity (Wildman–Crippen MR) is 108 cm³/mol. The molecule has 2 aromatic heterocycles.